The molecule has 0 radical (unpaired) electrons. The van der Waals surface area contributed by atoms with Crippen molar-refractivity contribution in [3.05, 3.63) is 45.9 Å². The van der Waals surface area contributed by atoms with Gasteiger partial charge in [-0.1, -0.05) is 18.2 Å². The van der Waals surface area contributed by atoms with Gasteiger partial charge in [0, 0.05) is 30.6 Å². The largest absolute Gasteiger partial charge is 0.496 e. The Labute approximate surface area is 162 Å². The van der Waals surface area contributed by atoms with E-state index in [2.05, 4.69) is 15.6 Å². The third kappa shape index (κ3) is 5.05. The zero-order valence-electron chi connectivity index (χ0n) is 15.5. The van der Waals surface area contributed by atoms with Gasteiger partial charge in [-0.25, -0.2) is 4.98 Å². The van der Waals surface area contributed by atoms with Crippen LogP contribution < -0.4 is 15.4 Å². The van der Waals surface area contributed by atoms with Crippen LogP contribution in [0.15, 0.2) is 29.6 Å². The molecule has 0 aliphatic carbocycles. The van der Waals surface area contributed by atoms with E-state index >= 15 is 0 Å². The standard InChI is InChI=1S/C19H24N4O3S/c1-13-22-15(12-27-13)10-21-18(24)9-16-19(25)20-7-8-23(16)11-14-5-3-4-6-17(14)26-2/h3-6,12,16H,7-11H2,1-2H3,(H,20,25)(H,21,24)/t16-/m0/s1. The topological polar surface area (TPSA) is 83.6 Å². The summed E-state index contributed by atoms with van der Waals surface area (Å²) in [6.45, 7) is 4.12. The quantitative estimate of drug-likeness (QED) is 0.750. The minimum atomic E-state index is -0.499. The second-order valence-electron chi connectivity index (χ2n) is 6.43. The predicted octanol–water partition coefficient (Wildman–Crippen LogP) is 1.47. The summed E-state index contributed by atoms with van der Waals surface area (Å²) >= 11 is 1.55. The molecule has 1 aromatic carbocycles. The first kappa shape index (κ1) is 19.3. The van der Waals surface area contributed by atoms with Crippen LogP contribution in [0.25, 0.3) is 0 Å². The van der Waals surface area contributed by atoms with Crippen LogP contribution in [0.3, 0.4) is 0 Å². The van der Waals surface area contributed by atoms with E-state index in [-0.39, 0.29) is 18.2 Å². The summed E-state index contributed by atoms with van der Waals surface area (Å²) in [4.78, 5) is 31.1. The number of carbonyl (C=O) groups is 2. The van der Waals surface area contributed by atoms with Gasteiger partial charge in [-0.3, -0.25) is 14.5 Å². The zero-order chi connectivity index (χ0) is 19.2. The highest BCUT2D eigenvalue weighted by molar-refractivity contribution is 7.09. The number of methoxy groups -OCH3 is 1. The number of hydrogen-bond acceptors (Lipinski definition) is 6. The molecular formula is C19H24N4O3S. The molecule has 2 aromatic rings. The first-order valence-corrected chi connectivity index (χ1v) is 9.76. The number of aromatic nitrogens is 1. The number of carbonyl (C=O) groups excluding carboxylic acids is 2. The van der Waals surface area contributed by atoms with Gasteiger partial charge in [0.25, 0.3) is 0 Å². The number of rotatable bonds is 7. The summed E-state index contributed by atoms with van der Waals surface area (Å²) in [6, 6.07) is 7.24. The molecule has 3 rings (SSSR count). The molecular weight excluding hydrogens is 364 g/mol. The Balaban J connectivity index is 1.63. The van der Waals surface area contributed by atoms with Crippen molar-refractivity contribution in [2.75, 3.05) is 20.2 Å². The van der Waals surface area contributed by atoms with Gasteiger partial charge in [0.2, 0.25) is 11.8 Å². The monoisotopic (exact) mass is 388 g/mol. The Kier molecular flexibility index (Phi) is 6.41. The highest BCUT2D eigenvalue weighted by Gasteiger charge is 2.32. The van der Waals surface area contributed by atoms with Gasteiger partial charge in [-0.2, -0.15) is 0 Å². The van der Waals surface area contributed by atoms with E-state index in [1.165, 1.54) is 0 Å². The van der Waals surface area contributed by atoms with Crippen molar-refractivity contribution in [2.45, 2.75) is 32.5 Å². The lowest BCUT2D eigenvalue weighted by Gasteiger charge is -2.35. The fourth-order valence-corrected chi connectivity index (χ4v) is 3.76. The van der Waals surface area contributed by atoms with E-state index < -0.39 is 6.04 Å². The number of ether oxygens (including phenoxy) is 1. The van der Waals surface area contributed by atoms with Crippen LogP contribution in [-0.4, -0.2) is 47.9 Å². The Morgan fingerprint density at radius 3 is 3.00 bits per heavy atom. The first-order valence-electron chi connectivity index (χ1n) is 8.88. The lowest BCUT2D eigenvalue weighted by Crippen LogP contribution is -2.56. The van der Waals surface area contributed by atoms with Crippen molar-refractivity contribution in [3.63, 3.8) is 0 Å². The van der Waals surface area contributed by atoms with Crippen molar-refractivity contribution < 1.29 is 14.3 Å². The maximum atomic E-state index is 12.4. The lowest BCUT2D eigenvalue weighted by molar-refractivity contribution is -0.134. The summed E-state index contributed by atoms with van der Waals surface area (Å²) in [5, 5.41) is 8.61. The molecule has 144 valence electrons. The molecule has 1 atom stereocenters. The number of hydrogen-bond donors (Lipinski definition) is 2. The number of aryl methyl sites for hydroxylation is 1. The molecule has 0 bridgehead atoms. The highest BCUT2D eigenvalue weighted by Crippen LogP contribution is 2.22. The number of nitrogens with one attached hydrogen (secondary N) is 2. The summed E-state index contributed by atoms with van der Waals surface area (Å²) in [5.74, 6) is 0.508. The van der Waals surface area contributed by atoms with Gasteiger partial charge < -0.3 is 15.4 Å². The van der Waals surface area contributed by atoms with Crippen LogP contribution in [-0.2, 0) is 22.7 Å². The normalized spacial score (nSPS) is 17.4. The SMILES string of the molecule is COc1ccccc1CN1CCNC(=O)[C@@H]1CC(=O)NCc1csc(C)n1. The van der Waals surface area contributed by atoms with Gasteiger partial charge in [-0.15, -0.1) is 11.3 Å². The minimum absolute atomic E-state index is 0.115. The summed E-state index contributed by atoms with van der Waals surface area (Å²) < 4.78 is 5.41. The van der Waals surface area contributed by atoms with E-state index in [0.29, 0.717) is 26.2 Å². The molecule has 2 N–H and O–H groups in total. The first-order chi connectivity index (χ1) is 13.1. The maximum Gasteiger partial charge on any atom is 0.237 e. The third-order valence-corrected chi connectivity index (χ3v) is 5.34. The molecule has 1 fully saturated rings. The van der Waals surface area contributed by atoms with Gasteiger partial charge >= 0.3 is 0 Å². The van der Waals surface area contributed by atoms with Crippen molar-refractivity contribution in [3.8, 4) is 5.75 Å². The van der Waals surface area contributed by atoms with E-state index in [1.54, 1.807) is 18.4 Å². The average Bonchev–Trinajstić information content (AvgIpc) is 3.08. The number of thiazole rings is 1. The fraction of sp³-hybridized carbons (Fsp3) is 0.421. The third-order valence-electron chi connectivity index (χ3n) is 4.52. The zero-order valence-corrected chi connectivity index (χ0v) is 16.3. The van der Waals surface area contributed by atoms with Gasteiger partial charge in [0.05, 0.1) is 36.8 Å². The molecule has 0 unspecified atom stereocenters. The number of piperazine rings is 1. The molecule has 2 heterocycles. The second kappa shape index (κ2) is 8.96. The molecule has 1 aliphatic heterocycles. The molecule has 8 heteroatoms. The van der Waals surface area contributed by atoms with Crippen molar-refractivity contribution in [1.82, 2.24) is 20.5 Å². The van der Waals surface area contributed by atoms with Gasteiger partial charge in [-0.05, 0) is 13.0 Å². The van der Waals surface area contributed by atoms with Crippen LogP contribution in [0.2, 0.25) is 0 Å². The molecule has 0 saturated carbocycles. The molecule has 1 aromatic heterocycles. The molecule has 0 spiro atoms. The molecule has 1 saturated heterocycles. The highest BCUT2D eigenvalue weighted by atomic mass is 32.1. The van der Waals surface area contributed by atoms with Crippen molar-refractivity contribution in [1.29, 1.82) is 0 Å². The van der Waals surface area contributed by atoms with Crippen LogP contribution in [0.4, 0.5) is 0 Å². The summed E-state index contributed by atoms with van der Waals surface area (Å²) in [6.07, 6.45) is 0.115. The summed E-state index contributed by atoms with van der Waals surface area (Å²) in [5.41, 5.74) is 1.84. The van der Waals surface area contributed by atoms with Crippen LogP contribution >= 0.6 is 11.3 Å². The van der Waals surface area contributed by atoms with Gasteiger partial charge in [0.1, 0.15) is 5.75 Å². The maximum absolute atomic E-state index is 12.4. The number of benzene rings is 1. The molecule has 7 nitrogen and oxygen atoms in total. The van der Waals surface area contributed by atoms with E-state index in [9.17, 15) is 9.59 Å². The lowest BCUT2D eigenvalue weighted by atomic mass is 10.1. The average molecular weight is 388 g/mol. The van der Waals surface area contributed by atoms with Crippen molar-refractivity contribution in [2.24, 2.45) is 0 Å². The number of nitrogens with zero attached hydrogens (tertiary/aromatic N) is 2. The molecule has 2 amide bonds. The van der Waals surface area contributed by atoms with E-state index in [1.807, 2.05) is 41.5 Å². The van der Waals surface area contributed by atoms with Crippen LogP contribution in [0, 0.1) is 6.92 Å². The molecule has 1 aliphatic rings. The fourth-order valence-electron chi connectivity index (χ4n) is 3.15. The van der Waals surface area contributed by atoms with Crippen LogP contribution in [0.5, 0.6) is 5.75 Å². The smallest absolute Gasteiger partial charge is 0.237 e. The van der Waals surface area contributed by atoms with E-state index in [0.717, 1.165) is 22.0 Å². The van der Waals surface area contributed by atoms with E-state index in [4.69, 9.17) is 4.74 Å². The molecule has 27 heavy (non-hydrogen) atoms. The number of amides is 2. The Hall–Kier alpha value is -2.45. The Morgan fingerprint density at radius 2 is 2.26 bits per heavy atom. The predicted molar refractivity (Wildman–Crippen MR) is 104 cm³/mol. The minimum Gasteiger partial charge on any atom is -0.496 e. The second-order valence-corrected chi connectivity index (χ2v) is 7.49. The Morgan fingerprint density at radius 1 is 1.44 bits per heavy atom. The summed E-state index contributed by atoms with van der Waals surface area (Å²) in [7, 11) is 1.63. The van der Waals surface area contributed by atoms with Gasteiger partial charge in [0.15, 0.2) is 0 Å². The number of para-hydroxylation sites is 1. The Bertz CT molecular complexity index is 808. The van der Waals surface area contributed by atoms with Crippen LogP contribution in [0.1, 0.15) is 22.7 Å². The van der Waals surface area contributed by atoms with Crippen molar-refractivity contribution >= 4 is 23.2 Å².